The van der Waals surface area contributed by atoms with Crippen LogP contribution in [-0.2, 0) is 0 Å². The zero-order valence-electron chi connectivity index (χ0n) is 12.0. The van der Waals surface area contributed by atoms with Gasteiger partial charge < -0.3 is 10.2 Å². The standard InChI is InChI=1S/C20H16O2/c21-19-17-13-7-3-4-8-14(13)18(20(19)22)16-12-6-2-1-5-11(12)9-10-15(16)17/h1-10,17-22H. The van der Waals surface area contributed by atoms with E-state index in [0.29, 0.717) is 0 Å². The number of hydrogen-bond acceptors (Lipinski definition) is 2. The molecule has 2 N–H and O–H groups in total. The fraction of sp³-hybridized carbons (Fsp3) is 0.200. The molecule has 6 rings (SSSR count). The van der Waals surface area contributed by atoms with E-state index in [9.17, 15) is 10.2 Å². The summed E-state index contributed by atoms with van der Waals surface area (Å²) in [6.07, 6.45) is -1.47. The van der Waals surface area contributed by atoms with Crippen LogP contribution in [0.25, 0.3) is 10.8 Å². The van der Waals surface area contributed by atoms with E-state index in [1.54, 1.807) is 0 Å². The van der Waals surface area contributed by atoms with Crippen LogP contribution in [0.2, 0.25) is 0 Å². The van der Waals surface area contributed by atoms with E-state index >= 15 is 0 Å². The van der Waals surface area contributed by atoms with Gasteiger partial charge >= 0.3 is 0 Å². The minimum atomic E-state index is -0.738. The Morgan fingerprint density at radius 2 is 1.23 bits per heavy atom. The molecule has 3 aromatic rings. The van der Waals surface area contributed by atoms with Gasteiger partial charge in [-0.2, -0.15) is 0 Å². The molecule has 2 nitrogen and oxygen atoms in total. The molecule has 0 aromatic heterocycles. The molecular formula is C20H16O2. The molecule has 22 heavy (non-hydrogen) atoms. The van der Waals surface area contributed by atoms with Crippen LogP contribution in [0.1, 0.15) is 34.1 Å². The smallest absolute Gasteiger partial charge is 0.0917 e. The summed E-state index contributed by atoms with van der Waals surface area (Å²) in [4.78, 5) is 0. The Hall–Kier alpha value is -2.16. The lowest BCUT2D eigenvalue weighted by atomic mass is 9.60. The van der Waals surface area contributed by atoms with E-state index in [2.05, 4.69) is 36.4 Å². The van der Waals surface area contributed by atoms with E-state index in [0.717, 1.165) is 11.1 Å². The van der Waals surface area contributed by atoms with E-state index in [4.69, 9.17) is 0 Å². The van der Waals surface area contributed by atoms with Crippen LogP contribution < -0.4 is 0 Å². The maximum Gasteiger partial charge on any atom is 0.0917 e. The van der Waals surface area contributed by atoms with Gasteiger partial charge in [0.15, 0.2) is 0 Å². The molecule has 2 bridgehead atoms. The Bertz CT molecular complexity index is 899. The number of fused-ring (bicyclic) bond motifs is 2. The second-order valence-corrected chi connectivity index (χ2v) is 6.36. The van der Waals surface area contributed by atoms with Crippen molar-refractivity contribution in [3.63, 3.8) is 0 Å². The predicted molar refractivity (Wildman–Crippen MR) is 86.1 cm³/mol. The lowest BCUT2D eigenvalue weighted by Crippen LogP contribution is -2.47. The molecule has 4 atom stereocenters. The van der Waals surface area contributed by atoms with Crippen molar-refractivity contribution in [1.29, 1.82) is 0 Å². The second kappa shape index (κ2) is 4.19. The summed E-state index contributed by atoms with van der Waals surface area (Å²) in [5, 5.41) is 23.6. The fourth-order valence-corrected chi connectivity index (χ4v) is 4.45. The maximum absolute atomic E-state index is 10.7. The minimum absolute atomic E-state index is 0.129. The highest BCUT2D eigenvalue weighted by Gasteiger charge is 2.49. The van der Waals surface area contributed by atoms with Crippen LogP contribution in [0, 0.1) is 0 Å². The van der Waals surface area contributed by atoms with Crippen LogP contribution >= 0.6 is 0 Å². The molecule has 0 saturated carbocycles. The largest absolute Gasteiger partial charge is 0.389 e. The van der Waals surface area contributed by atoms with Gasteiger partial charge in [0.05, 0.1) is 12.2 Å². The first-order valence-corrected chi connectivity index (χ1v) is 7.74. The number of rotatable bonds is 0. The highest BCUT2D eigenvalue weighted by molar-refractivity contribution is 5.89. The molecule has 4 unspecified atom stereocenters. The van der Waals surface area contributed by atoms with Gasteiger partial charge in [-0.25, -0.2) is 0 Å². The quantitative estimate of drug-likeness (QED) is 0.667. The Kier molecular flexibility index (Phi) is 2.36. The minimum Gasteiger partial charge on any atom is -0.389 e. The topological polar surface area (TPSA) is 40.5 Å². The molecule has 0 radical (unpaired) electrons. The predicted octanol–water partition coefficient (Wildman–Crippen LogP) is 3.15. The summed E-state index contributed by atoms with van der Waals surface area (Å²) < 4.78 is 0. The third kappa shape index (κ3) is 1.37. The summed E-state index contributed by atoms with van der Waals surface area (Å²) in [5.41, 5.74) is 4.68. The van der Waals surface area contributed by atoms with Crippen LogP contribution in [0.15, 0.2) is 60.7 Å². The first-order chi connectivity index (χ1) is 10.8. The van der Waals surface area contributed by atoms with E-state index in [1.165, 1.54) is 21.9 Å². The van der Waals surface area contributed by atoms with Crippen LogP contribution in [0.3, 0.4) is 0 Å². The Morgan fingerprint density at radius 3 is 2.05 bits per heavy atom. The Labute approximate surface area is 128 Å². The first kappa shape index (κ1) is 12.4. The lowest BCUT2D eigenvalue weighted by molar-refractivity contribution is -0.0150. The Morgan fingerprint density at radius 1 is 0.591 bits per heavy atom. The van der Waals surface area contributed by atoms with Crippen LogP contribution in [0.4, 0.5) is 0 Å². The molecule has 0 amide bonds. The van der Waals surface area contributed by atoms with Gasteiger partial charge in [-0.3, -0.25) is 0 Å². The van der Waals surface area contributed by atoms with Gasteiger partial charge in [0.1, 0.15) is 0 Å². The summed E-state index contributed by atoms with van der Waals surface area (Å²) in [5.74, 6) is -0.270. The van der Waals surface area contributed by atoms with Gasteiger partial charge in [-0.1, -0.05) is 60.7 Å². The van der Waals surface area contributed by atoms with Crippen molar-refractivity contribution >= 4 is 10.8 Å². The number of aliphatic hydroxyl groups excluding tert-OH is 2. The van der Waals surface area contributed by atoms with Crippen LogP contribution in [-0.4, -0.2) is 22.4 Å². The number of aliphatic hydroxyl groups is 2. The molecule has 108 valence electrons. The zero-order chi connectivity index (χ0) is 14.8. The average Bonchev–Trinajstić information content (AvgIpc) is 2.57. The van der Waals surface area contributed by atoms with Crippen molar-refractivity contribution in [2.45, 2.75) is 24.0 Å². The Balaban J connectivity index is 1.92. The molecule has 3 aliphatic rings. The van der Waals surface area contributed by atoms with E-state index in [-0.39, 0.29) is 11.8 Å². The summed E-state index contributed by atoms with van der Waals surface area (Å²) >= 11 is 0. The third-order valence-electron chi connectivity index (χ3n) is 5.35. The normalized spacial score (nSPS) is 28.5. The molecule has 0 heterocycles. The van der Waals surface area contributed by atoms with Gasteiger partial charge in [-0.15, -0.1) is 0 Å². The molecule has 0 fully saturated rings. The van der Waals surface area contributed by atoms with Crippen molar-refractivity contribution in [3.05, 3.63) is 82.9 Å². The van der Waals surface area contributed by atoms with E-state index < -0.39 is 12.2 Å². The first-order valence-electron chi connectivity index (χ1n) is 7.74. The molecule has 3 aromatic carbocycles. The summed E-state index contributed by atoms with van der Waals surface area (Å²) in [7, 11) is 0. The fourth-order valence-electron chi connectivity index (χ4n) is 4.45. The second-order valence-electron chi connectivity index (χ2n) is 6.36. The van der Waals surface area contributed by atoms with Gasteiger partial charge in [0.2, 0.25) is 0 Å². The zero-order valence-corrected chi connectivity index (χ0v) is 12.0. The van der Waals surface area contributed by atoms with Gasteiger partial charge in [0.25, 0.3) is 0 Å². The summed E-state index contributed by atoms with van der Waals surface area (Å²) in [6.45, 7) is 0. The van der Waals surface area contributed by atoms with Gasteiger partial charge in [0, 0.05) is 11.8 Å². The average molecular weight is 288 g/mol. The van der Waals surface area contributed by atoms with Crippen molar-refractivity contribution in [1.82, 2.24) is 0 Å². The van der Waals surface area contributed by atoms with Crippen molar-refractivity contribution < 1.29 is 10.2 Å². The lowest BCUT2D eigenvalue weighted by Gasteiger charge is -2.47. The molecule has 0 saturated heterocycles. The highest BCUT2D eigenvalue weighted by Crippen LogP contribution is 2.54. The van der Waals surface area contributed by atoms with Gasteiger partial charge in [-0.05, 0) is 33.0 Å². The maximum atomic E-state index is 10.7. The SMILES string of the molecule is OC1C2c3ccccc3C(c3c2ccc2ccccc32)C1O. The van der Waals surface area contributed by atoms with Crippen molar-refractivity contribution in [2.24, 2.45) is 0 Å². The monoisotopic (exact) mass is 288 g/mol. The number of benzene rings is 3. The van der Waals surface area contributed by atoms with Crippen molar-refractivity contribution in [3.8, 4) is 0 Å². The molecule has 2 heteroatoms. The third-order valence-corrected chi connectivity index (χ3v) is 5.35. The molecular weight excluding hydrogens is 272 g/mol. The van der Waals surface area contributed by atoms with E-state index in [1.807, 2.05) is 24.3 Å². The highest BCUT2D eigenvalue weighted by atomic mass is 16.3. The molecule has 0 aliphatic heterocycles. The number of hydrogen-bond donors (Lipinski definition) is 2. The molecule has 3 aliphatic carbocycles. The summed E-state index contributed by atoms with van der Waals surface area (Å²) in [6, 6.07) is 20.8. The van der Waals surface area contributed by atoms with Crippen LogP contribution in [0.5, 0.6) is 0 Å². The van der Waals surface area contributed by atoms with Crippen molar-refractivity contribution in [2.75, 3.05) is 0 Å². The molecule has 0 spiro atoms.